The molecular weight excluding hydrogens is 399 g/mol. The molecule has 0 amide bonds. The lowest BCUT2D eigenvalue weighted by Crippen LogP contribution is -1.94. The van der Waals surface area contributed by atoms with Gasteiger partial charge in [0.1, 0.15) is 5.03 Å². The molecule has 2 aromatic heterocycles. The Hall–Kier alpha value is -2.34. The average molecular weight is 413 g/mol. The number of benzene rings is 2. The molecule has 0 radical (unpaired) electrons. The SMILES string of the molecule is Clc1ccc(CSc2ccc(-c3ccc(-n4cccn4)cc3)nn2)c(Cl)c1. The van der Waals surface area contributed by atoms with E-state index in [1.54, 1.807) is 24.0 Å². The minimum Gasteiger partial charge on any atom is -0.241 e. The Bertz CT molecular complexity index is 1030. The van der Waals surface area contributed by atoms with Crippen LogP contribution < -0.4 is 0 Å². The van der Waals surface area contributed by atoms with Crippen molar-refractivity contribution in [2.75, 3.05) is 0 Å². The van der Waals surface area contributed by atoms with Crippen molar-refractivity contribution >= 4 is 35.0 Å². The van der Waals surface area contributed by atoms with Gasteiger partial charge in [0.05, 0.1) is 11.4 Å². The van der Waals surface area contributed by atoms with E-state index in [9.17, 15) is 0 Å². The number of nitrogens with zero attached hydrogens (tertiary/aromatic N) is 4. The molecule has 134 valence electrons. The van der Waals surface area contributed by atoms with Crippen molar-refractivity contribution in [1.29, 1.82) is 0 Å². The molecule has 4 aromatic rings. The number of hydrogen-bond donors (Lipinski definition) is 0. The third-order valence-corrected chi connectivity index (χ3v) is 5.52. The molecule has 0 N–H and O–H groups in total. The molecule has 4 nitrogen and oxygen atoms in total. The van der Waals surface area contributed by atoms with Gasteiger partial charge < -0.3 is 0 Å². The molecule has 0 aliphatic heterocycles. The first kappa shape index (κ1) is 18.0. The summed E-state index contributed by atoms with van der Waals surface area (Å²) >= 11 is 13.7. The maximum atomic E-state index is 6.21. The fourth-order valence-corrected chi connectivity index (χ4v) is 3.92. The molecule has 0 unspecified atom stereocenters. The molecule has 0 spiro atoms. The van der Waals surface area contributed by atoms with E-state index in [1.165, 1.54) is 0 Å². The summed E-state index contributed by atoms with van der Waals surface area (Å²) in [4.78, 5) is 0. The van der Waals surface area contributed by atoms with Gasteiger partial charge in [-0.05, 0) is 48.0 Å². The van der Waals surface area contributed by atoms with Crippen molar-refractivity contribution < 1.29 is 0 Å². The van der Waals surface area contributed by atoms with E-state index in [1.807, 2.05) is 65.5 Å². The van der Waals surface area contributed by atoms with E-state index in [-0.39, 0.29) is 0 Å². The van der Waals surface area contributed by atoms with E-state index < -0.39 is 0 Å². The molecule has 0 saturated heterocycles. The summed E-state index contributed by atoms with van der Waals surface area (Å²) in [5.41, 5.74) is 3.86. The molecule has 0 bridgehead atoms. The Balaban J connectivity index is 1.44. The zero-order valence-corrected chi connectivity index (χ0v) is 16.4. The van der Waals surface area contributed by atoms with Crippen molar-refractivity contribution in [3.05, 3.63) is 88.7 Å². The fourth-order valence-electron chi connectivity index (χ4n) is 2.55. The Morgan fingerprint density at radius 1 is 0.926 bits per heavy atom. The van der Waals surface area contributed by atoms with Crippen molar-refractivity contribution in [2.24, 2.45) is 0 Å². The molecule has 0 aliphatic carbocycles. The number of hydrogen-bond acceptors (Lipinski definition) is 4. The quantitative estimate of drug-likeness (QED) is 0.381. The van der Waals surface area contributed by atoms with Crippen LogP contribution in [0.15, 0.2) is 78.1 Å². The second kappa shape index (κ2) is 8.13. The summed E-state index contributed by atoms with van der Waals surface area (Å²) in [6.07, 6.45) is 3.67. The molecule has 4 rings (SSSR count). The van der Waals surface area contributed by atoms with Crippen LogP contribution in [0, 0.1) is 0 Å². The Kier molecular flexibility index (Phi) is 5.43. The molecule has 0 fully saturated rings. The highest BCUT2D eigenvalue weighted by Gasteiger charge is 2.06. The minimum atomic E-state index is 0.636. The van der Waals surface area contributed by atoms with Gasteiger partial charge in [-0.1, -0.05) is 53.2 Å². The Morgan fingerprint density at radius 2 is 1.78 bits per heavy atom. The van der Waals surface area contributed by atoms with Crippen LogP contribution in [0.3, 0.4) is 0 Å². The number of thioether (sulfide) groups is 1. The van der Waals surface area contributed by atoms with Crippen LogP contribution in [-0.2, 0) is 5.75 Å². The number of halogens is 2. The van der Waals surface area contributed by atoms with Gasteiger partial charge in [0.25, 0.3) is 0 Å². The average Bonchev–Trinajstić information content (AvgIpc) is 3.23. The highest BCUT2D eigenvalue weighted by molar-refractivity contribution is 7.98. The molecule has 0 aliphatic rings. The summed E-state index contributed by atoms with van der Waals surface area (Å²) in [5, 5.41) is 15.0. The second-order valence-electron chi connectivity index (χ2n) is 5.78. The Labute approximate surface area is 171 Å². The lowest BCUT2D eigenvalue weighted by atomic mass is 10.1. The molecule has 7 heteroatoms. The van der Waals surface area contributed by atoms with Gasteiger partial charge in [0.15, 0.2) is 0 Å². The third kappa shape index (κ3) is 4.33. The van der Waals surface area contributed by atoms with Gasteiger partial charge in [0.2, 0.25) is 0 Å². The fraction of sp³-hybridized carbons (Fsp3) is 0.0500. The van der Waals surface area contributed by atoms with Gasteiger partial charge in [-0.25, -0.2) is 4.68 Å². The normalized spacial score (nSPS) is 10.9. The van der Waals surface area contributed by atoms with Crippen molar-refractivity contribution in [2.45, 2.75) is 10.8 Å². The van der Waals surface area contributed by atoms with E-state index in [2.05, 4.69) is 15.3 Å². The molecule has 0 atom stereocenters. The number of rotatable bonds is 5. The standard InChI is InChI=1S/C20H14Cl2N4S/c21-16-5-2-15(18(22)12-16)13-27-20-9-8-19(24-25-20)14-3-6-17(7-4-14)26-11-1-10-23-26/h1-12H,13H2. The maximum Gasteiger partial charge on any atom is 0.119 e. The Morgan fingerprint density at radius 3 is 2.44 bits per heavy atom. The van der Waals surface area contributed by atoms with Crippen LogP contribution in [0.1, 0.15) is 5.56 Å². The molecule has 2 aromatic carbocycles. The van der Waals surface area contributed by atoms with Gasteiger partial charge >= 0.3 is 0 Å². The largest absolute Gasteiger partial charge is 0.241 e. The maximum absolute atomic E-state index is 6.21. The molecule has 27 heavy (non-hydrogen) atoms. The van der Waals surface area contributed by atoms with Crippen molar-refractivity contribution in [3.63, 3.8) is 0 Å². The lowest BCUT2D eigenvalue weighted by Gasteiger charge is -2.06. The second-order valence-corrected chi connectivity index (χ2v) is 7.62. The van der Waals surface area contributed by atoms with Gasteiger partial charge in [0, 0.05) is 33.8 Å². The zero-order chi connectivity index (χ0) is 18.6. The summed E-state index contributed by atoms with van der Waals surface area (Å²) in [6, 6.07) is 19.4. The highest BCUT2D eigenvalue weighted by atomic mass is 35.5. The predicted molar refractivity (Wildman–Crippen MR) is 111 cm³/mol. The van der Waals surface area contributed by atoms with Gasteiger partial charge in [-0.15, -0.1) is 10.2 Å². The zero-order valence-electron chi connectivity index (χ0n) is 14.1. The predicted octanol–water partition coefficient (Wildman–Crippen LogP) is 5.93. The van der Waals surface area contributed by atoms with E-state index in [0.29, 0.717) is 15.8 Å². The highest BCUT2D eigenvalue weighted by Crippen LogP contribution is 2.28. The first-order valence-corrected chi connectivity index (χ1v) is 9.94. The first-order valence-electron chi connectivity index (χ1n) is 8.20. The van der Waals surface area contributed by atoms with Crippen molar-refractivity contribution in [3.8, 4) is 16.9 Å². The minimum absolute atomic E-state index is 0.636. The molecule has 2 heterocycles. The van der Waals surface area contributed by atoms with Gasteiger partial charge in [-0.3, -0.25) is 0 Å². The summed E-state index contributed by atoms with van der Waals surface area (Å²) in [6.45, 7) is 0. The van der Waals surface area contributed by atoms with Crippen LogP contribution in [0.25, 0.3) is 16.9 Å². The van der Waals surface area contributed by atoms with Crippen LogP contribution in [0.5, 0.6) is 0 Å². The first-order chi connectivity index (χ1) is 13.2. The summed E-state index contributed by atoms with van der Waals surface area (Å²) in [5.74, 6) is 0.711. The molecular formula is C20H14Cl2N4S. The van der Waals surface area contributed by atoms with Crippen molar-refractivity contribution in [1.82, 2.24) is 20.0 Å². The summed E-state index contributed by atoms with van der Waals surface area (Å²) < 4.78 is 1.82. The smallest absolute Gasteiger partial charge is 0.119 e. The third-order valence-electron chi connectivity index (χ3n) is 3.96. The van der Waals surface area contributed by atoms with Crippen LogP contribution in [0.4, 0.5) is 0 Å². The van der Waals surface area contributed by atoms with Crippen LogP contribution in [-0.4, -0.2) is 20.0 Å². The summed E-state index contributed by atoms with van der Waals surface area (Å²) in [7, 11) is 0. The topological polar surface area (TPSA) is 43.6 Å². The van der Waals surface area contributed by atoms with Crippen LogP contribution in [0.2, 0.25) is 10.0 Å². The van der Waals surface area contributed by atoms with Crippen LogP contribution >= 0.6 is 35.0 Å². The number of aromatic nitrogens is 4. The monoisotopic (exact) mass is 412 g/mol. The van der Waals surface area contributed by atoms with E-state index >= 15 is 0 Å². The van der Waals surface area contributed by atoms with Gasteiger partial charge in [-0.2, -0.15) is 5.10 Å². The lowest BCUT2D eigenvalue weighted by molar-refractivity contribution is 0.880. The van der Waals surface area contributed by atoms with E-state index in [0.717, 1.165) is 27.5 Å². The van der Waals surface area contributed by atoms with E-state index in [4.69, 9.17) is 23.2 Å². The molecule has 0 saturated carbocycles.